The Labute approximate surface area is 133 Å². The van der Waals surface area contributed by atoms with Crippen molar-refractivity contribution in [1.29, 1.82) is 0 Å². The topological polar surface area (TPSA) is 52.6 Å². The number of hydrogen-bond acceptors (Lipinski definition) is 3. The minimum Gasteiger partial charge on any atom is -0.357 e. The summed E-state index contributed by atoms with van der Waals surface area (Å²) in [6.07, 6.45) is 5.95. The highest BCUT2D eigenvalue weighted by molar-refractivity contribution is 5.79. The fourth-order valence-corrected chi connectivity index (χ4v) is 3.04. The second-order valence-electron chi connectivity index (χ2n) is 6.28. The van der Waals surface area contributed by atoms with E-state index in [1.807, 2.05) is 24.4 Å². The number of nitrogens with zero attached hydrogens (tertiary/aromatic N) is 3. The zero-order chi connectivity index (χ0) is 15.2. The Morgan fingerprint density at radius 1 is 1.32 bits per heavy atom. The summed E-state index contributed by atoms with van der Waals surface area (Å²) in [4.78, 5) is 11.6. The van der Waals surface area contributed by atoms with Crippen LogP contribution in [0.4, 0.5) is 0 Å². The van der Waals surface area contributed by atoms with Crippen molar-refractivity contribution >= 4 is 5.96 Å². The molecule has 2 fully saturated rings. The number of likely N-dealkylation sites (tertiary alicyclic amines) is 1. The molecule has 0 amide bonds. The Kier molecular flexibility index (Phi) is 5.27. The Morgan fingerprint density at radius 3 is 2.95 bits per heavy atom. The lowest BCUT2D eigenvalue weighted by Crippen LogP contribution is -2.40. The monoisotopic (exact) mass is 301 g/mol. The molecule has 1 aromatic rings. The minimum atomic E-state index is 0.620. The average molecular weight is 301 g/mol. The van der Waals surface area contributed by atoms with E-state index in [0.29, 0.717) is 6.54 Å². The molecule has 1 unspecified atom stereocenters. The molecule has 0 spiro atoms. The van der Waals surface area contributed by atoms with Gasteiger partial charge in [0.25, 0.3) is 0 Å². The van der Waals surface area contributed by atoms with E-state index in [2.05, 4.69) is 32.4 Å². The summed E-state index contributed by atoms with van der Waals surface area (Å²) in [6, 6.07) is 6.85. The molecule has 5 heteroatoms. The maximum Gasteiger partial charge on any atom is 0.191 e. The molecule has 0 aromatic carbocycles. The standard InChI is InChI=1S/C17H27N5/c1-2-18-17(21-12-15-5-3-4-9-19-15)20-11-14-8-10-22(13-14)16-6-7-16/h3-5,9,14,16H,2,6-8,10-13H2,1H3,(H2,18,20,21). The molecule has 1 aliphatic heterocycles. The molecule has 5 nitrogen and oxygen atoms in total. The van der Waals surface area contributed by atoms with E-state index in [0.717, 1.165) is 36.7 Å². The van der Waals surface area contributed by atoms with Gasteiger partial charge in [0.15, 0.2) is 5.96 Å². The van der Waals surface area contributed by atoms with Crippen LogP contribution >= 0.6 is 0 Å². The minimum absolute atomic E-state index is 0.620. The molecule has 3 rings (SSSR count). The first-order chi connectivity index (χ1) is 10.8. The van der Waals surface area contributed by atoms with Gasteiger partial charge in [-0.15, -0.1) is 0 Å². The van der Waals surface area contributed by atoms with Gasteiger partial charge in [0.1, 0.15) is 0 Å². The zero-order valence-corrected chi connectivity index (χ0v) is 13.5. The third-order valence-electron chi connectivity index (χ3n) is 4.41. The zero-order valence-electron chi connectivity index (χ0n) is 13.5. The Hall–Kier alpha value is -1.62. The number of aliphatic imine (C=N–C) groups is 1. The Bertz CT molecular complexity index is 483. The van der Waals surface area contributed by atoms with Crippen LogP contribution in [0.25, 0.3) is 0 Å². The number of aromatic nitrogens is 1. The lowest BCUT2D eigenvalue weighted by Gasteiger charge is -2.17. The molecular formula is C17H27N5. The van der Waals surface area contributed by atoms with Crippen molar-refractivity contribution in [2.45, 2.75) is 38.8 Å². The van der Waals surface area contributed by atoms with Gasteiger partial charge in [0, 0.05) is 31.9 Å². The van der Waals surface area contributed by atoms with Crippen LogP contribution in [0.15, 0.2) is 29.4 Å². The molecule has 1 aliphatic carbocycles. The van der Waals surface area contributed by atoms with Crippen molar-refractivity contribution in [3.05, 3.63) is 30.1 Å². The highest BCUT2D eigenvalue weighted by atomic mass is 15.2. The second-order valence-corrected chi connectivity index (χ2v) is 6.28. The normalized spacial score (nSPS) is 22.8. The second kappa shape index (κ2) is 7.58. The first-order valence-corrected chi connectivity index (χ1v) is 8.51. The largest absolute Gasteiger partial charge is 0.357 e. The summed E-state index contributed by atoms with van der Waals surface area (Å²) in [6.45, 7) is 7.14. The van der Waals surface area contributed by atoms with Gasteiger partial charge in [0.2, 0.25) is 0 Å². The predicted octanol–water partition coefficient (Wildman–Crippen LogP) is 1.62. The quantitative estimate of drug-likeness (QED) is 0.619. The van der Waals surface area contributed by atoms with Crippen molar-refractivity contribution in [2.75, 3.05) is 26.2 Å². The summed E-state index contributed by atoms with van der Waals surface area (Å²) < 4.78 is 0. The van der Waals surface area contributed by atoms with E-state index in [-0.39, 0.29) is 0 Å². The van der Waals surface area contributed by atoms with Crippen molar-refractivity contribution < 1.29 is 0 Å². The molecule has 1 saturated carbocycles. The number of nitrogens with one attached hydrogen (secondary N) is 2. The van der Waals surface area contributed by atoms with Crippen molar-refractivity contribution in [1.82, 2.24) is 20.5 Å². The van der Waals surface area contributed by atoms with Gasteiger partial charge < -0.3 is 15.5 Å². The van der Waals surface area contributed by atoms with E-state index in [9.17, 15) is 0 Å². The third-order valence-corrected chi connectivity index (χ3v) is 4.41. The molecule has 120 valence electrons. The number of rotatable bonds is 6. The maximum atomic E-state index is 4.63. The van der Waals surface area contributed by atoms with Crippen LogP contribution in [-0.2, 0) is 6.54 Å². The maximum absolute atomic E-state index is 4.63. The molecule has 22 heavy (non-hydrogen) atoms. The average Bonchev–Trinajstić information content (AvgIpc) is 3.30. The van der Waals surface area contributed by atoms with Gasteiger partial charge in [-0.2, -0.15) is 0 Å². The number of guanidine groups is 1. The van der Waals surface area contributed by atoms with Crippen LogP contribution < -0.4 is 10.6 Å². The molecular weight excluding hydrogens is 274 g/mol. The first kappa shape index (κ1) is 15.3. The van der Waals surface area contributed by atoms with Gasteiger partial charge in [0.05, 0.1) is 12.2 Å². The van der Waals surface area contributed by atoms with Crippen LogP contribution in [0.5, 0.6) is 0 Å². The van der Waals surface area contributed by atoms with E-state index < -0.39 is 0 Å². The molecule has 1 saturated heterocycles. The van der Waals surface area contributed by atoms with E-state index in [1.54, 1.807) is 0 Å². The lowest BCUT2D eigenvalue weighted by molar-refractivity contribution is 0.314. The SMILES string of the molecule is CCNC(=NCc1ccccn1)NCC1CCN(C2CC2)C1. The van der Waals surface area contributed by atoms with Crippen molar-refractivity contribution in [2.24, 2.45) is 10.9 Å². The van der Waals surface area contributed by atoms with Crippen LogP contribution in [0.1, 0.15) is 31.9 Å². The third kappa shape index (κ3) is 4.44. The molecule has 0 bridgehead atoms. The molecule has 0 radical (unpaired) electrons. The van der Waals surface area contributed by atoms with Gasteiger partial charge in [-0.25, -0.2) is 4.99 Å². The summed E-state index contributed by atoms with van der Waals surface area (Å²) in [5.74, 6) is 1.65. The molecule has 2 heterocycles. The van der Waals surface area contributed by atoms with E-state index in [4.69, 9.17) is 0 Å². The number of hydrogen-bond donors (Lipinski definition) is 2. The summed E-state index contributed by atoms with van der Waals surface area (Å²) in [7, 11) is 0. The van der Waals surface area contributed by atoms with Crippen molar-refractivity contribution in [3.63, 3.8) is 0 Å². The van der Waals surface area contributed by atoms with Gasteiger partial charge in [-0.3, -0.25) is 4.98 Å². The fourth-order valence-electron chi connectivity index (χ4n) is 3.04. The van der Waals surface area contributed by atoms with Gasteiger partial charge >= 0.3 is 0 Å². The van der Waals surface area contributed by atoms with Crippen LogP contribution in [0, 0.1) is 5.92 Å². The predicted molar refractivity (Wildman–Crippen MR) is 89.8 cm³/mol. The van der Waals surface area contributed by atoms with Gasteiger partial charge in [-0.1, -0.05) is 6.07 Å². The van der Waals surface area contributed by atoms with Crippen LogP contribution in [0.2, 0.25) is 0 Å². The molecule has 1 atom stereocenters. The number of pyridine rings is 1. The first-order valence-electron chi connectivity index (χ1n) is 8.51. The highest BCUT2D eigenvalue weighted by Gasteiger charge is 2.34. The van der Waals surface area contributed by atoms with Crippen LogP contribution in [-0.4, -0.2) is 48.1 Å². The fraction of sp³-hybridized carbons (Fsp3) is 0.647. The van der Waals surface area contributed by atoms with E-state index in [1.165, 1.54) is 32.4 Å². The summed E-state index contributed by atoms with van der Waals surface area (Å²) >= 11 is 0. The molecule has 2 N–H and O–H groups in total. The van der Waals surface area contributed by atoms with Crippen LogP contribution in [0.3, 0.4) is 0 Å². The van der Waals surface area contributed by atoms with E-state index >= 15 is 0 Å². The van der Waals surface area contributed by atoms with Gasteiger partial charge in [-0.05, 0) is 50.8 Å². The lowest BCUT2D eigenvalue weighted by atomic mass is 10.1. The Morgan fingerprint density at radius 2 is 2.23 bits per heavy atom. The summed E-state index contributed by atoms with van der Waals surface area (Å²) in [5, 5.41) is 6.82. The highest BCUT2D eigenvalue weighted by Crippen LogP contribution is 2.31. The molecule has 2 aliphatic rings. The summed E-state index contributed by atoms with van der Waals surface area (Å²) in [5.41, 5.74) is 1.00. The van der Waals surface area contributed by atoms with Crippen molar-refractivity contribution in [3.8, 4) is 0 Å². The smallest absolute Gasteiger partial charge is 0.191 e. The molecule has 1 aromatic heterocycles. The Balaban J connectivity index is 1.46.